The van der Waals surface area contributed by atoms with Gasteiger partial charge in [-0.3, -0.25) is 4.79 Å². The summed E-state index contributed by atoms with van der Waals surface area (Å²) in [4.78, 5) is 31.0. The number of likely N-dealkylation sites (tertiary alicyclic amines) is 1. The number of aromatic nitrogens is 1. The first kappa shape index (κ1) is 19.2. The fourth-order valence-corrected chi connectivity index (χ4v) is 6.46. The average Bonchev–Trinajstić information content (AvgIpc) is 3.19. The second kappa shape index (κ2) is 7.15. The minimum atomic E-state index is -0.365. The number of primary amides is 1. The topological polar surface area (TPSA) is 121 Å². The van der Waals surface area contributed by atoms with Crippen LogP contribution in [0.5, 0.6) is 0 Å². The number of pyridine rings is 1. The average molecular weight is 409 g/mol. The molecule has 6 rings (SSSR count). The van der Waals surface area contributed by atoms with Gasteiger partial charge in [0.15, 0.2) is 0 Å². The van der Waals surface area contributed by atoms with Crippen molar-refractivity contribution in [1.29, 1.82) is 5.26 Å². The molecule has 3 N–H and O–H groups in total. The smallest absolute Gasteiger partial charge is 0.410 e. The van der Waals surface area contributed by atoms with E-state index >= 15 is 0 Å². The fourth-order valence-electron chi connectivity index (χ4n) is 6.46. The molecular formula is C22H27N5O3. The molecule has 8 heteroatoms. The zero-order valence-corrected chi connectivity index (χ0v) is 16.9. The van der Waals surface area contributed by atoms with Gasteiger partial charge in [-0.2, -0.15) is 5.26 Å². The molecule has 1 aliphatic heterocycles. The molecule has 5 aliphatic rings. The second-order valence-electron chi connectivity index (χ2n) is 9.58. The maximum atomic E-state index is 12.9. The molecule has 158 valence electrons. The van der Waals surface area contributed by atoms with Crippen LogP contribution in [0.1, 0.15) is 44.1 Å². The van der Waals surface area contributed by atoms with Crippen molar-refractivity contribution in [2.24, 2.45) is 28.9 Å². The molecule has 1 unspecified atom stereocenters. The third kappa shape index (κ3) is 3.26. The number of hydrogen-bond acceptors (Lipinski definition) is 6. The SMILES string of the molecule is N#Cc1ccc(NC2CCN(C(=O)OC3[C@H]4CC5C[C@H]3CC(C(N)=O)(C5)C4)C2)nc1. The lowest BCUT2D eigenvalue weighted by Gasteiger charge is -2.58. The largest absolute Gasteiger partial charge is 0.446 e. The molecule has 4 bridgehead atoms. The number of anilines is 1. The van der Waals surface area contributed by atoms with Crippen LogP contribution in [0.25, 0.3) is 0 Å². The summed E-state index contributed by atoms with van der Waals surface area (Å²) in [5, 5.41) is 12.2. The molecule has 1 aromatic heterocycles. The number of amides is 2. The molecule has 0 spiro atoms. The van der Waals surface area contributed by atoms with Crippen LogP contribution in [0, 0.1) is 34.5 Å². The summed E-state index contributed by atoms with van der Waals surface area (Å²) in [6.45, 7) is 1.21. The maximum absolute atomic E-state index is 12.9. The molecule has 8 nitrogen and oxygen atoms in total. The first-order valence-electron chi connectivity index (χ1n) is 10.8. The van der Waals surface area contributed by atoms with Crippen LogP contribution in [0.3, 0.4) is 0 Å². The van der Waals surface area contributed by atoms with E-state index in [9.17, 15) is 9.59 Å². The van der Waals surface area contributed by atoms with E-state index in [4.69, 9.17) is 15.7 Å². The maximum Gasteiger partial charge on any atom is 0.410 e. The molecule has 0 radical (unpaired) electrons. The van der Waals surface area contributed by atoms with Gasteiger partial charge in [0.25, 0.3) is 0 Å². The molecule has 1 aromatic rings. The normalized spacial score (nSPS) is 36.4. The summed E-state index contributed by atoms with van der Waals surface area (Å²) < 4.78 is 6.02. The van der Waals surface area contributed by atoms with Crippen LogP contribution >= 0.6 is 0 Å². The van der Waals surface area contributed by atoms with Crippen LogP contribution in [-0.4, -0.2) is 47.1 Å². The van der Waals surface area contributed by atoms with Crippen molar-refractivity contribution in [2.45, 2.75) is 50.7 Å². The van der Waals surface area contributed by atoms with Crippen molar-refractivity contribution in [3.8, 4) is 6.07 Å². The number of nitriles is 1. The molecule has 30 heavy (non-hydrogen) atoms. The highest BCUT2D eigenvalue weighted by Gasteiger charge is 2.59. The summed E-state index contributed by atoms with van der Waals surface area (Å²) in [5.41, 5.74) is 5.90. The number of carbonyl (C=O) groups excluding carboxylic acids is 2. The van der Waals surface area contributed by atoms with Gasteiger partial charge in [0, 0.05) is 25.3 Å². The van der Waals surface area contributed by atoms with Gasteiger partial charge in [-0.25, -0.2) is 9.78 Å². The van der Waals surface area contributed by atoms with E-state index in [1.54, 1.807) is 17.0 Å². The van der Waals surface area contributed by atoms with E-state index in [0.717, 1.165) is 38.5 Å². The minimum absolute atomic E-state index is 0.0891. The summed E-state index contributed by atoms with van der Waals surface area (Å²) in [7, 11) is 0. The number of carbonyl (C=O) groups is 2. The zero-order chi connectivity index (χ0) is 20.9. The minimum Gasteiger partial charge on any atom is -0.446 e. The Morgan fingerprint density at radius 2 is 2.03 bits per heavy atom. The first-order valence-corrected chi connectivity index (χ1v) is 10.8. The number of ether oxygens (including phenoxy) is 1. The standard InChI is InChI=1S/C22H27N5O3/c23-10-13-1-2-18(25-11-13)26-17-3-4-27(12-17)21(29)30-19-15-5-14-6-16(19)9-22(7-14,8-15)20(24)28/h1-2,11,14-17,19H,3-9,12H2,(H2,24,28)(H,25,26)/t14?,15-,16-,17?,19?,22?/m0/s1. The molecule has 3 atom stereocenters. The molecule has 4 saturated carbocycles. The van der Waals surface area contributed by atoms with E-state index in [1.807, 2.05) is 0 Å². The van der Waals surface area contributed by atoms with Crippen LogP contribution < -0.4 is 11.1 Å². The van der Waals surface area contributed by atoms with Crippen molar-refractivity contribution in [2.75, 3.05) is 18.4 Å². The van der Waals surface area contributed by atoms with E-state index in [-0.39, 0.29) is 41.4 Å². The quantitative estimate of drug-likeness (QED) is 0.787. The van der Waals surface area contributed by atoms with Crippen LogP contribution in [0.2, 0.25) is 0 Å². The summed E-state index contributed by atoms with van der Waals surface area (Å²) >= 11 is 0. The Balaban J connectivity index is 1.18. The van der Waals surface area contributed by atoms with Crippen molar-refractivity contribution in [1.82, 2.24) is 9.88 Å². The highest BCUT2D eigenvalue weighted by molar-refractivity contribution is 5.81. The van der Waals surface area contributed by atoms with Gasteiger partial charge in [0.05, 0.1) is 11.0 Å². The Kier molecular flexibility index (Phi) is 4.57. The lowest BCUT2D eigenvalue weighted by atomic mass is 9.48. The Bertz CT molecular complexity index is 879. The van der Waals surface area contributed by atoms with Crippen molar-refractivity contribution < 1.29 is 14.3 Å². The van der Waals surface area contributed by atoms with Gasteiger partial charge in [0.2, 0.25) is 5.91 Å². The monoisotopic (exact) mass is 409 g/mol. The molecule has 0 aromatic carbocycles. The van der Waals surface area contributed by atoms with Crippen molar-refractivity contribution in [3.63, 3.8) is 0 Å². The zero-order valence-electron chi connectivity index (χ0n) is 16.9. The van der Waals surface area contributed by atoms with Crippen molar-refractivity contribution >= 4 is 17.8 Å². The Labute approximate surface area is 175 Å². The number of rotatable bonds is 4. The lowest BCUT2D eigenvalue weighted by Crippen LogP contribution is -2.59. The predicted octanol–water partition coefficient (Wildman–Crippen LogP) is 2.26. The molecule has 2 amide bonds. The van der Waals surface area contributed by atoms with Crippen LogP contribution in [0.15, 0.2) is 18.3 Å². The number of nitrogens with zero attached hydrogens (tertiary/aromatic N) is 3. The fraction of sp³-hybridized carbons (Fsp3) is 0.636. The van der Waals surface area contributed by atoms with Gasteiger partial charge in [0.1, 0.15) is 18.0 Å². The summed E-state index contributed by atoms with van der Waals surface area (Å²) in [5.74, 6) is 1.59. The molecule has 1 saturated heterocycles. The molecular weight excluding hydrogens is 382 g/mol. The van der Waals surface area contributed by atoms with Crippen LogP contribution in [-0.2, 0) is 9.53 Å². The molecule has 5 fully saturated rings. The van der Waals surface area contributed by atoms with Gasteiger partial charge in [-0.05, 0) is 68.4 Å². The number of nitrogens with one attached hydrogen (secondary N) is 1. The summed E-state index contributed by atoms with van der Waals surface area (Å²) in [6, 6.07) is 5.66. The summed E-state index contributed by atoms with van der Waals surface area (Å²) in [6.07, 6.45) is 6.54. The third-order valence-electron chi connectivity index (χ3n) is 7.64. The highest BCUT2D eigenvalue weighted by atomic mass is 16.6. The van der Waals surface area contributed by atoms with Gasteiger partial charge >= 0.3 is 6.09 Å². The Hall–Kier alpha value is -2.82. The van der Waals surface area contributed by atoms with E-state index < -0.39 is 0 Å². The third-order valence-corrected chi connectivity index (χ3v) is 7.64. The van der Waals surface area contributed by atoms with E-state index in [1.165, 1.54) is 6.20 Å². The van der Waals surface area contributed by atoms with Crippen LogP contribution in [0.4, 0.5) is 10.6 Å². The molecule has 2 heterocycles. The van der Waals surface area contributed by atoms with Crippen molar-refractivity contribution in [3.05, 3.63) is 23.9 Å². The van der Waals surface area contributed by atoms with Gasteiger partial charge in [-0.1, -0.05) is 0 Å². The predicted molar refractivity (Wildman–Crippen MR) is 108 cm³/mol. The molecule has 4 aliphatic carbocycles. The van der Waals surface area contributed by atoms with E-state index in [2.05, 4.69) is 16.4 Å². The van der Waals surface area contributed by atoms with E-state index in [0.29, 0.717) is 30.4 Å². The number of nitrogens with two attached hydrogens (primary N) is 1. The van der Waals surface area contributed by atoms with Gasteiger partial charge < -0.3 is 20.7 Å². The van der Waals surface area contributed by atoms with Gasteiger partial charge in [-0.15, -0.1) is 0 Å². The second-order valence-corrected chi connectivity index (χ2v) is 9.58. The highest BCUT2D eigenvalue weighted by Crippen LogP contribution is 2.60. The first-order chi connectivity index (χ1) is 14.5. The lowest BCUT2D eigenvalue weighted by molar-refractivity contribution is -0.161. The number of hydrogen-bond donors (Lipinski definition) is 2. The Morgan fingerprint density at radius 1 is 1.27 bits per heavy atom. The Morgan fingerprint density at radius 3 is 2.67 bits per heavy atom.